The van der Waals surface area contributed by atoms with Gasteiger partial charge in [-0.1, -0.05) is 36.4 Å². The van der Waals surface area contributed by atoms with E-state index in [0.29, 0.717) is 12.2 Å². The normalized spacial score (nSPS) is 15.0. The zero-order valence-electron chi connectivity index (χ0n) is 13.3. The van der Waals surface area contributed by atoms with Crippen molar-refractivity contribution in [3.63, 3.8) is 0 Å². The topological polar surface area (TPSA) is 53.4 Å². The van der Waals surface area contributed by atoms with E-state index in [1.807, 2.05) is 48.5 Å². The Bertz CT molecular complexity index is 1020. The molecule has 0 saturated heterocycles. The smallest absolute Gasteiger partial charge is 0.271 e. The molecule has 5 rings (SSSR count). The minimum atomic E-state index is -0.129. The third kappa shape index (κ3) is 2.24. The van der Waals surface area contributed by atoms with Crippen LogP contribution in [0.25, 0.3) is 16.7 Å². The maximum atomic E-state index is 12.5. The van der Waals surface area contributed by atoms with Gasteiger partial charge in [0.25, 0.3) is 5.91 Å². The number of carbonyl (C=O) groups excluding carboxylic acids is 1. The molecule has 0 aliphatic carbocycles. The van der Waals surface area contributed by atoms with Gasteiger partial charge in [-0.3, -0.25) is 4.79 Å². The fraction of sp³-hybridized carbons (Fsp3) is 0.100. The molecule has 25 heavy (non-hydrogen) atoms. The highest BCUT2D eigenvalue weighted by Crippen LogP contribution is 2.37. The predicted octanol–water partition coefficient (Wildman–Crippen LogP) is 3.56. The first-order chi connectivity index (χ1) is 12.3. The van der Waals surface area contributed by atoms with Crippen molar-refractivity contribution in [1.82, 2.24) is 9.78 Å². The fourth-order valence-corrected chi connectivity index (χ4v) is 3.32. The van der Waals surface area contributed by atoms with Crippen molar-refractivity contribution in [2.75, 3.05) is 6.79 Å². The number of carbonyl (C=O) groups is 1. The largest absolute Gasteiger partial charge is 0.454 e. The lowest BCUT2D eigenvalue weighted by Crippen LogP contribution is -2.18. The summed E-state index contributed by atoms with van der Waals surface area (Å²) < 4.78 is 12.3. The molecule has 0 atom stereocenters. The van der Waals surface area contributed by atoms with E-state index in [2.05, 4.69) is 5.10 Å². The van der Waals surface area contributed by atoms with Crippen molar-refractivity contribution in [3.05, 3.63) is 72.1 Å². The third-order valence-electron chi connectivity index (χ3n) is 4.56. The molecule has 5 nitrogen and oxygen atoms in total. The van der Waals surface area contributed by atoms with Crippen LogP contribution in [0.15, 0.2) is 60.8 Å². The first-order valence-corrected chi connectivity index (χ1v) is 8.07. The summed E-state index contributed by atoms with van der Waals surface area (Å²) in [6.45, 7) is 0.238. The van der Waals surface area contributed by atoms with E-state index in [4.69, 9.17) is 9.47 Å². The molecule has 5 heteroatoms. The highest BCUT2D eigenvalue weighted by atomic mass is 16.7. The quantitative estimate of drug-likeness (QED) is 0.721. The van der Waals surface area contributed by atoms with Crippen molar-refractivity contribution in [3.8, 4) is 22.6 Å². The highest BCUT2D eigenvalue weighted by Gasteiger charge is 2.24. The molecule has 2 aromatic carbocycles. The van der Waals surface area contributed by atoms with E-state index in [-0.39, 0.29) is 12.7 Å². The SMILES string of the molecule is O=C1C=C(c2ccc3c(c2)OCO3)Cc2c(-c3ccccc3)cnn21. The van der Waals surface area contributed by atoms with Crippen LogP contribution in [0.5, 0.6) is 11.5 Å². The minimum absolute atomic E-state index is 0.129. The molecule has 3 heterocycles. The summed E-state index contributed by atoms with van der Waals surface area (Å²) in [5.41, 5.74) is 4.87. The molecular formula is C20H14N2O3. The van der Waals surface area contributed by atoms with E-state index in [1.165, 1.54) is 4.68 Å². The Morgan fingerprint density at radius 2 is 1.80 bits per heavy atom. The number of ether oxygens (including phenoxy) is 2. The number of benzene rings is 2. The molecule has 122 valence electrons. The number of hydrogen-bond acceptors (Lipinski definition) is 4. The standard InChI is InChI=1S/C20H14N2O3/c23-20-10-15(14-6-7-18-19(9-14)25-12-24-18)8-17-16(11-21-22(17)20)13-4-2-1-3-5-13/h1-7,9-11H,8,12H2. The molecule has 0 unspecified atom stereocenters. The molecule has 2 aliphatic heterocycles. The summed E-state index contributed by atoms with van der Waals surface area (Å²) >= 11 is 0. The number of rotatable bonds is 2. The zero-order valence-corrected chi connectivity index (χ0v) is 13.3. The van der Waals surface area contributed by atoms with Gasteiger partial charge < -0.3 is 9.47 Å². The first-order valence-electron chi connectivity index (χ1n) is 8.07. The minimum Gasteiger partial charge on any atom is -0.454 e. The van der Waals surface area contributed by atoms with Crippen LogP contribution >= 0.6 is 0 Å². The van der Waals surface area contributed by atoms with Gasteiger partial charge in [0.05, 0.1) is 11.9 Å². The average Bonchev–Trinajstić information content (AvgIpc) is 3.28. The van der Waals surface area contributed by atoms with Crippen molar-refractivity contribution in [2.45, 2.75) is 6.42 Å². The maximum absolute atomic E-state index is 12.5. The molecule has 0 fully saturated rings. The van der Waals surface area contributed by atoms with E-state index in [9.17, 15) is 4.79 Å². The fourth-order valence-electron chi connectivity index (χ4n) is 3.32. The van der Waals surface area contributed by atoms with Crippen LogP contribution in [0, 0.1) is 0 Å². The summed E-state index contributed by atoms with van der Waals surface area (Å²) in [6.07, 6.45) is 4.04. The van der Waals surface area contributed by atoms with Gasteiger partial charge in [0.1, 0.15) is 0 Å². The van der Waals surface area contributed by atoms with Crippen LogP contribution in [-0.4, -0.2) is 22.5 Å². The van der Waals surface area contributed by atoms with Crippen molar-refractivity contribution < 1.29 is 14.3 Å². The Labute approximate surface area is 144 Å². The third-order valence-corrected chi connectivity index (χ3v) is 4.56. The summed E-state index contributed by atoms with van der Waals surface area (Å²) in [5, 5.41) is 4.28. The first kappa shape index (κ1) is 14.0. The predicted molar refractivity (Wildman–Crippen MR) is 92.5 cm³/mol. The second kappa shape index (κ2) is 5.34. The molecule has 1 aromatic heterocycles. The molecule has 3 aromatic rings. The van der Waals surface area contributed by atoms with Gasteiger partial charge in [0.15, 0.2) is 11.5 Å². The molecule has 0 amide bonds. The van der Waals surface area contributed by atoms with Gasteiger partial charge in [-0.2, -0.15) is 5.10 Å². The van der Waals surface area contributed by atoms with E-state index in [0.717, 1.165) is 33.7 Å². The van der Waals surface area contributed by atoms with E-state index in [1.54, 1.807) is 12.3 Å². The Kier molecular flexibility index (Phi) is 3.00. The summed E-state index contributed by atoms with van der Waals surface area (Å²) in [4.78, 5) is 12.5. The van der Waals surface area contributed by atoms with Crippen molar-refractivity contribution >= 4 is 11.5 Å². The van der Waals surface area contributed by atoms with Crippen LogP contribution in [0.4, 0.5) is 0 Å². The number of nitrogens with zero attached hydrogens (tertiary/aromatic N) is 2. The number of hydrogen-bond donors (Lipinski definition) is 0. The number of allylic oxidation sites excluding steroid dienone is 2. The van der Waals surface area contributed by atoms with Gasteiger partial charge >= 0.3 is 0 Å². The second-order valence-corrected chi connectivity index (χ2v) is 6.04. The summed E-state index contributed by atoms with van der Waals surface area (Å²) in [6, 6.07) is 15.8. The van der Waals surface area contributed by atoms with Gasteiger partial charge in [-0.05, 0) is 28.8 Å². The Morgan fingerprint density at radius 3 is 2.68 bits per heavy atom. The molecule has 0 saturated carbocycles. The van der Waals surface area contributed by atoms with Gasteiger partial charge in [0.2, 0.25) is 6.79 Å². The molecule has 2 aliphatic rings. The van der Waals surface area contributed by atoms with Crippen LogP contribution in [0.1, 0.15) is 16.1 Å². The summed E-state index contributed by atoms with van der Waals surface area (Å²) in [7, 11) is 0. The molecule has 0 spiro atoms. The van der Waals surface area contributed by atoms with Gasteiger partial charge in [-0.25, -0.2) is 4.68 Å². The monoisotopic (exact) mass is 330 g/mol. The second-order valence-electron chi connectivity index (χ2n) is 6.04. The van der Waals surface area contributed by atoms with Crippen molar-refractivity contribution in [2.24, 2.45) is 0 Å². The summed E-state index contributed by atoms with van der Waals surface area (Å²) in [5.74, 6) is 1.32. The van der Waals surface area contributed by atoms with Crippen molar-refractivity contribution in [1.29, 1.82) is 0 Å². The average molecular weight is 330 g/mol. The van der Waals surface area contributed by atoms with Crippen LogP contribution in [0.2, 0.25) is 0 Å². The molecule has 0 N–H and O–H groups in total. The Morgan fingerprint density at radius 1 is 0.960 bits per heavy atom. The lowest BCUT2D eigenvalue weighted by Gasteiger charge is -2.16. The lowest BCUT2D eigenvalue weighted by molar-refractivity contribution is 0.0949. The molecule has 0 radical (unpaired) electrons. The van der Waals surface area contributed by atoms with E-state index < -0.39 is 0 Å². The maximum Gasteiger partial charge on any atom is 0.271 e. The number of aromatic nitrogens is 2. The van der Waals surface area contributed by atoms with Crippen LogP contribution in [0.3, 0.4) is 0 Å². The highest BCUT2D eigenvalue weighted by molar-refractivity contribution is 6.00. The van der Waals surface area contributed by atoms with Gasteiger partial charge in [0, 0.05) is 18.1 Å². The molecule has 0 bridgehead atoms. The zero-order chi connectivity index (χ0) is 16.8. The van der Waals surface area contributed by atoms with E-state index >= 15 is 0 Å². The Balaban J connectivity index is 1.57. The lowest BCUT2D eigenvalue weighted by atomic mass is 9.94. The van der Waals surface area contributed by atoms with Gasteiger partial charge in [-0.15, -0.1) is 0 Å². The molecular weight excluding hydrogens is 316 g/mol. The number of fused-ring (bicyclic) bond motifs is 2. The Hall–Kier alpha value is -3.34. The van der Waals surface area contributed by atoms with Crippen LogP contribution < -0.4 is 9.47 Å². The van der Waals surface area contributed by atoms with Crippen LogP contribution in [-0.2, 0) is 6.42 Å².